The minimum atomic E-state index is -0.606. The third-order valence-electron chi connectivity index (χ3n) is 2.78. The molecule has 0 radical (unpaired) electrons. The van der Waals surface area contributed by atoms with E-state index >= 15 is 0 Å². The monoisotopic (exact) mass is 337 g/mol. The van der Waals surface area contributed by atoms with Gasteiger partial charge in [0, 0.05) is 15.7 Å². The van der Waals surface area contributed by atoms with Gasteiger partial charge in [0.2, 0.25) is 5.91 Å². The lowest BCUT2D eigenvalue weighted by Crippen LogP contribution is -2.24. The molecule has 0 saturated carbocycles. The molecule has 4 N–H and O–H groups in total. The molecule has 2 aromatic rings. The van der Waals surface area contributed by atoms with Crippen LogP contribution in [0.15, 0.2) is 42.5 Å². The van der Waals surface area contributed by atoms with Crippen molar-refractivity contribution < 1.29 is 9.59 Å². The van der Waals surface area contributed by atoms with Gasteiger partial charge < -0.3 is 16.4 Å². The van der Waals surface area contributed by atoms with Crippen LogP contribution in [0.25, 0.3) is 0 Å². The van der Waals surface area contributed by atoms with Gasteiger partial charge in [0.05, 0.1) is 17.8 Å². The zero-order valence-electron chi connectivity index (χ0n) is 11.4. The molecule has 0 fully saturated rings. The van der Waals surface area contributed by atoms with Crippen LogP contribution in [0.2, 0.25) is 10.0 Å². The highest BCUT2D eigenvalue weighted by Crippen LogP contribution is 2.22. The molecule has 0 spiro atoms. The Morgan fingerprint density at radius 3 is 2.32 bits per heavy atom. The number of para-hydroxylation sites is 1. The Balaban J connectivity index is 2.00. The molecular formula is C15H13Cl2N3O2. The average molecular weight is 338 g/mol. The summed E-state index contributed by atoms with van der Waals surface area (Å²) in [4.78, 5) is 23.2. The third-order valence-corrected chi connectivity index (χ3v) is 3.22. The Morgan fingerprint density at radius 2 is 1.68 bits per heavy atom. The minimum absolute atomic E-state index is 0.0102. The maximum atomic E-state index is 11.9. The number of carbonyl (C=O) groups excluding carboxylic acids is 2. The number of nitrogens with one attached hydrogen (secondary N) is 2. The summed E-state index contributed by atoms with van der Waals surface area (Å²) < 4.78 is 0. The quantitative estimate of drug-likeness (QED) is 0.783. The predicted molar refractivity (Wildman–Crippen MR) is 88.5 cm³/mol. The number of hydrogen-bond donors (Lipinski definition) is 3. The van der Waals surface area contributed by atoms with Crippen molar-refractivity contribution in [3.8, 4) is 0 Å². The number of rotatable bonds is 5. The Morgan fingerprint density at radius 1 is 1.05 bits per heavy atom. The number of hydrogen-bond acceptors (Lipinski definition) is 3. The fourth-order valence-electron chi connectivity index (χ4n) is 1.84. The van der Waals surface area contributed by atoms with E-state index in [1.54, 1.807) is 42.5 Å². The van der Waals surface area contributed by atoms with E-state index in [1.165, 1.54) is 0 Å². The molecule has 0 atom stereocenters. The second kappa shape index (κ2) is 7.15. The number of nitrogens with two attached hydrogens (primary N) is 1. The standard InChI is InChI=1S/C15H13Cl2N3O2/c16-9-5-10(17)7-11(6-9)19-8-14(21)20-13-4-2-1-3-12(13)15(18)22/h1-7,19H,8H2,(H2,18,22)(H,20,21). The van der Waals surface area contributed by atoms with E-state index in [1.807, 2.05) is 0 Å². The molecule has 2 aromatic carbocycles. The predicted octanol–water partition coefficient (Wildman–Crippen LogP) is 3.14. The van der Waals surface area contributed by atoms with Crippen LogP contribution in [-0.2, 0) is 4.79 Å². The lowest BCUT2D eigenvalue weighted by atomic mass is 10.1. The summed E-state index contributed by atoms with van der Waals surface area (Å²) in [5.74, 6) is -0.935. The number of amides is 2. The highest BCUT2D eigenvalue weighted by molar-refractivity contribution is 6.35. The van der Waals surface area contributed by atoms with Crippen molar-refractivity contribution in [2.24, 2.45) is 5.73 Å². The van der Waals surface area contributed by atoms with E-state index in [0.29, 0.717) is 21.4 Å². The Kier molecular flexibility index (Phi) is 5.25. The van der Waals surface area contributed by atoms with Crippen LogP contribution in [-0.4, -0.2) is 18.4 Å². The fourth-order valence-corrected chi connectivity index (χ4v) is 2.37. The van der Waals surface area contributed by atoms with E-state index in [0.717, 1.165) is 0 Å². The molecule has 7 heteroatoms. The first kappa shape index (κ1) is 16.1. The minimum Gasteiger partial charge on any atom is -0.376 e. The normalized spacial score (nSPS) is 10.1. The van der Waals surface area contributed by atoms with Crippen LogP contribution >= 0.6 is 23.2 Å². The van der Waals surface area contributed by atoms with E-state index < -0.39 is 5.91 Å². The molecule has 0 bridgehead atoms. The molecule has 114 valence electrons. The Hall–Kier alpha value is -2.24. The smallest absolute Gasteiger partial charge is 0.250 e. The van der Waals surface area contributed by atoms with Gasteiger partial charge in [-0.15, -0.1) is 0 Å². The van der Waals surface area contributed by atoms with Crippen LogP contribution in [0.4, 0.5) is 11.4 Å². The first-order valence-electron chi connectivity index (χ1n) is 6.34. The zero-order valence-corrected chi connectivity index (χ0v) is 12.9. The summed E-state index contributed by atoms with van der Waals surface area (Å²) >= 11 is 11.7. The molecule has 0 saturated heterocycles. The van der Waals surface area contributed by atoms with Gasteiger partial charge in [-0.2, -0.15) is 0 Å². The van der Waals surface area contributed by atoms with Gasteiger partial charge in [-0.05, 0) is 30.3 Å². The maximum absolute atomic E-state index is 11.9. The SMILES string of the molecule is NC(=O)c1ccccc1NC(=O)CNc1cc(Cl)cc(Cl)c1. The van der Waals surface area contributed by atoms with Gasteiger partial charge in [-0.1, -0.05) is 35.3 Å². The van der Waals surface area contributed by atoms with Crippen molar-refractivity contribution in [1.82, 2.24) is 0 Å². The molecule has 2 rings (SSSR count). The topological polar surface area (TPSA) is 84.2 Å². The summed E-state index contributed by atoms with van der Waals surface area (Å²) in [6, 6.07) is 11.4. The number of anilines is 2. The Bertz CT molecular complexity index is 699. The van der Waals surface area contributed by atoms with Crippen molar-refractivity contribution in [1.29, 1.82) is 0 Å². The number of halogens is 2. The van der Waals surface area contributed by atoms with Crippen molar-refractivity contribution in [3.05, 3.63) is 58.1 Å². The van der Waals surface area contributed by atoms with Gasteiger partial charge in [0.25, 0.3) is 5.91 Å². The molecule has 0 heterocycles. The van der Waals surface area contributed by atoms with Crippen molar-refractivity contribution in [2.45, 2.75) is 0 Å². The van der Waals surface area contributed by atoms with E-state index in [-0.39, 0.29) is 18.0 Å². The maximum Gasteiger partial charge on any atom is 0.250 e. The molecule has 2 amide bonds. The first-order valence-corrected chi connectivity index (χ1v) is 7.10. The van der Waals surface area contributed by atoms with Crippen LogP contribution in [0.3, 0.4) is 0 Å². The van der Waals surface area contributed by atoms with E-state index in [4.69, 9.17) is 28.9 Å². The highest BCUT2D eigenvalue weighted by Gasteiger charge is 2.10. The largest absolute Gasteiger partial charge is 0.376 e. The van der Waals surface area contributed by atoms with Crippen molar-refractivity contribution in [3.63, 3.8) is 0 Å². The van der Waals surface area contributed by atoms with Crippen LogP contribution < -0.4 is 16.4 Å². The number of benzene rings is 2. The summed E-state index contributed by atoms with van der Waals surface area (Å²) in [5, 5.41) is 6.46. The van der Waals surface area contributed by atoms with Gasteiger partial charge in [0.1, 0.15) is 0 Å². The number of carbonyl (C=O) groups is 2. The highest BCUT2D eigenvalue weighted by atomic mass is 35.5. The molecule has 22 heavy (non-hydrogen) atoms. The molecule has 0 unspecified atom stereocenters. The second-order valence-electron chi connectivity index (χ2n) is 4.47. The summed E-state index contributed by atoms with van der Waals surface area (Å²) in [7, 11) is 0. The average Bonchev–Trinajstić information content (AvgIpc) is 2.44. The number of primary amides is 1. The first-order chi connectivity index (χ1) is 10.5. The van der Waals surface area contributed by atoms with E-state index in [9.17, 15) is 9.59 Å². The fraction of sp³-hybridized carbons (Fsp3) is 0.0667. The summed E-state index contributed by atoms with van der Waals surface area (Å²) in [5.41, 5.74) is 6.49. The lowest BCUT2D eigenvalue weighted by molar-refractivity contribution is -0.114. The summed E-state index contributed by atoms with van der Waals surface area (Å²) in [6.07, 6.45) is 0. The van der Waals surface area contributed by atoms with E-state index in [2.05, 4.69) is 10.6 Å². The molecule has 0 aliphatic carbocycles. The van der Waals surface area contributed by atoms with Gasteiger partial charge in [0.15, 0.2) is 0 Å². The van der Waals surface area contributed by atoms with Crippen LogP contribution in [0.5, 0.6) is 0 Å². The molecule has 0 aliphatic rings. The molecule has 0 aliphatic heterocycles. The van der Waals surface area contributed by atoms with Gasteiger partial charge >= 0.3 is 0 Å². The van der Waals surface area contributed by atoms with Crippen LogP contribution in [0.1, 0.15) is 10.4 Å². The summed E-state index contributed by atoms with van der Waals surface area (Å²) in [6.45, 7) is -0.0102. The third kappa shape index (κ3) is 4.38. The molecular weight excluding hydrogens is 325 g/mol. The molecule has 0 aromatic heterocycles. The van der Waals surface area contributed by atoms with Gasteiger partial charge in [-0.25, -0.2) is 0 Å². The second-order valence-corrected chi connectivity index (χ2v) is 5.34. The van der Waals surface area contributed by atoms with Crippen LogP contribution in [0, 0.1) is 0 Å². The zero-order chi connectivity index (χ0) is 16.1. The van der Waals surface area contributed by atoms with Crippen molar-refractivity contribution in [2.75, 3.05) is 17.2 Å². The van der Waals surface area contributed by atoms with Gasteiger partial charge in [-0.3, -0.25) is 9.59 Å². The molecule has 5 nitrogen and oxygen atoms in total. The van der Waals surface area contributed by atoms with Crippen molar-refractivity contribution >= 4 is 46.4 Å². The lowest BCUT2D eigenvalue weighted by Gasteiger charge is -2.10. The Labute approximate surface area is 137 Å².